The molecule has 0 bridgehead atoms. The first kappa shape index (κ1) is 21.4. The summed E-state index contributed by atoms with van der Waals surface area (Å²) in [6, 6.07) is 0. The second-order valence-electron chi connectivity index (χ2n) is 6.99. The number of anilines is 1. The summed E-state index contributed by atoms with van der Waals surface area (Å²) in [5, 5.41) is 28.3. The van der Waals surface area contributed by atoms with Crippen LogP contribution in [-0.2, 0) is 22.9 Å². The van der Waals surface area contributed by atoms with Gasteiger partial charge in [0.2, 0.25) is 11.7 Å². The molecule has 1 aliphatic heterocycles. The lowest BCUT2D eigenvalue weighted by molar-refractivity contribution is -0.745. The van der Waals surface area contributed by atoms with Crippen LogP contribution in [0.4, 0.5) is 5.95 Å². The Balaban J connectivity index is 1.54. The number of imidazole rings is 1. The van der Waals surface area contributed by atoms with Crippen LogP contribution < -0.4 is 25.5 Å². The molecule has 4 heterocycles. The average molecular weight is 458 g/mol. The first-order valence-corrected chi connectivity index (χ1v) is 10.6. The molecule has 0 saturated carbocycles. The number of nitrogens with two attached hydrogens (primary N) is 1. The van der Waals surface area contributed by atoms with Crippen LogP contribution in [0.3, 0.4) is 0 Å². The number of aliphatic hydroxyl groups is 2. The third kappa shape index (κ3) is 4.16. The van der Waals surface area contributed by atoms with Gasteiger partial charge < -0.3 is 39.8 Å². The van der Waals surface area contributed by atoms with Crippen molar-refractivity contribution in [2.24, 2.45) is 7.05 Å². The highest BCUT2D eigenvalue weighted by atomic mass is 31.2. The number of nitrogens with one attached hydrogen (secondary N) is 1. The lowest BCUT2D eigenvalue weighted by Gasteiger charge is -2.14. The molecule has 5 atom stereocenters. The van der Waals surface area contributed by atoms with Crippen molar-refractivity contribution in [1.82, 2.24) is 29.5 Å². The Bertz CT molecular complexity index is 1220. The summed E-state index contributed by atoms with van der Waals surface area (Å²) in [4.78, 5) is 38.1. The quantitative estimate of drug-likeness (QED) is 0.175. The monoisotopic (exact) mass is 458 g/mol. The minimum absolute atomic E-state index is 0.0687. The fourth-order valence-corrected chi connectivity index (χ4v) is 3.63. The molecule has 16 nitrogen and oxygen atoms in total. The average Bonchev–Trinajstić information content (AvgIpc) is 3.32. The van der Waals surface area contributed by atoms with Gasteiger partial charge in [-0.15, -0.1) is 0 Å². The Morgan fingerprint density at radius 1 is 1.45 bits per heavy atom. The second kappa shape index (κ2) is 7.67. The number of fused-ring (bicyclic) bond motifs is 1. The van der Waals surface area contributed by atoms with E-state index in [0.717, 1.165) is 0 Å². The summed E-state index contributed by atoms with van der Waals surface area (Å²) in [7, 11) is -3.03. The summed E-state index contributed by atoms with van der Waals surface area (Å²) in [6.45, 7) is -0.0687. The van der Waals surface area contributed by atoms with E-state index in [1.165, 1.54) is 26.3 Å². The predicted octanol–water partition coefficient (Wildman–Crippen LogP) is -4.08. The number of H-pyrrole nitrogens is 1. The topological polar surface area (TPSA) is 231 Å². The van der Waals surface area contributed by atoms with Crippen molar-refractivity contribution in [3.63, 3.8) is 0 Å². The highest BCUT2D eigenvalue weighted by molar-refractivity contribution is 7.50. The van der Waals surface area contributed by atoms with E-state index in [0.29, 0.717) is 0 Å². The SMILES string of the molecule is Cn1c[n+]([C@@H]2O[C@H](Cn3cc(OCP(=O)([O-])O)nn3)[C@@H](O)[C@H]2O)c2nc(N)[nH]c(=O)c21. The number of aromatic amines is 1. The molecule has 1 fully saturated rings. The van der Waals surface area contributed by atoms with Gasteiger partial charge in [-0.05, 0) is 0 Å². The number of rotatable bonds is 6. The highest BCUT2D eigenvalue weighted by Gasteiger charge is 2.47. The molecule has 1 aliphatic rings. The number of hydrogen-bond donors (Lipinski definition) is 5. The third-order valence-corrected chi connectivity index (χ3v) is 5.12. The van der Waals surface area contributed by atoms with Gasteiger partial charge in [0.05, 0.1) is 19.8 Å². The van der Waals surface area contributed by atoms with Crippen molar-refractivity contribution in [2.45, 2.75) is 31.1 Å². The van der Waals surface area contributed by atoms with Crippen LogP contribution in [0.5, 0.6) is 5.88 Å². The van der Waals surface area contributed by atoms with Crippen LogP contribution in [0.15, 0.2) is 17.3 Å². The number of aryl methyl sites for hydroxylation is 1. The van der Waals surface area contributed by atoms with Gasteiger partial charge in [-0.3, -0.25) is 14.3 Å². The Kier molecular flexibility index (Phi) is 5.28. The molecule has 168 valence electrons. The van der Waals surface area contributed by atoms with Crippen molar-refractivity contribution in [1.29, 1.82) is 0 Å². The van der Waals surface area contributed by atoms with Crippen LogP contribution >= 0.6 is 7.60 Å². The molecule has 0 radical (unpaired) electrons. The van der Waals surface area contributed by atoms with Crippen LogP contribution in [0.25, 0.3) is 11.2 Å². The van der Waals surface area contributed by atoms with Crippen molar-refractivity contribution < 1.29 is 38.6 Å². The van der Waals surface area contributed by atoms with Gasteiger partial charge in [-0.2, -0.15) is 0 Å². The Hall–Kier alpha value is -2.88. The maximum atomic E-state index is 12.2. The van der Waals surface area contributed by atoms with Gasteiger partial charge in [-0.25, -0.2) is 9.25 Å². The van der Waals surface area contributed by atoms with Gasteiger partial charge in [0.1, 0.15) is 18.3 Å². The number of nitrogen functional groups attached to an aromatic ring is 1. The molecular formula is C14H19N8O8P. The van der Waals surface area contributed by atoms with E-state index in [1.54, 1.807) is 7.05 Å². The van der Waals surface area contributed by atoms with E-state index in [1.807, 2.05) is 0 Å². The number of aliphatic hydroxyl groups excluding tert-OH is 2. The molecule has 31 heavy (non-hydrogen) atoms. The van der Waals surface area contributed by atoms with Crippen LogP contribution in [0.1, 0.15) is 6.23 Å². The summed E-state index contributed by atoms with van der Waals surface area (Å²) in [5.74, 6) is -0.292. The van der Waals surface area contributed by atoms with Crippen molar-refractivity contribution in [3.8, 4) is 5.88 Å². The fraction of sp³-hybridized carbons (Fsp3) is 0.500. The fourth-order valence-electron chi connectivity index (χ4n) is 3.33. The second-order valence-corrected chi connectivity index (χ2v) is 8.53. The van der Waals surface area contributed by atoms with Crippen LogP contribution in [0.2, 0.25) is 0 Å². The standard InChI is InChI=1S/C14H19N8O8P/c1-20-4-22(11-8(20)12(25)17-14(15)16-11)13-10(24)9(23)6(30-13)2-21-3-7(18-19-21)29-5-31(26,27)28/h3-4,6,9-10,13,23-24H,2,5H2,1H3,(H4-,15,16,17,25,26,27,28)/t6-,9-,10-,13-/m1/s1. The summed E-state index contributed by atoms with van der Waals surface area (Å²) in [6.07, 6.45) is -2.99. The van der Waals surface area contributed by atoms with Crippen molar-refractivity contribution in [3.05, 3.63) is 22.9 Å². The van der Waals surface area contributed by atoms with E-state index in [2.05, 4.69) is 20.3 Å². The predicted molar refractivity (Wildman–Crippen MR) is 97.2 cm³/mol. The van der Waals surface area contributed by atoms with Gasteiger partial charge in [0.25, 0.3) is 17.4 Å². The molecule has 4 rings (SSSR count). The largest absolute Gasteiger partial charge is 0.776 e. The molecule has 3 aromatic rings. The molecule has 1 saturated heterocycles. The smallest absolute Gasteiger partial charge is 0.313 e. The van der Waals surface area contributed by atoms with E-state index < -0.39 is 44.0 Å². The van der Waals surface area contributed by atoms with Crippen LogP contribution in [-0.4, -0.2) is 69.3 Å². The number of nitrogens with zero attached hydrogens (tertiary/aromatic N) is 6. The number of aromatic nitrogens is 7. The zero-order valence-corrected chi connectivity index (χ0v) is 16.9. The molecule has 0 spiro atoms. The number of hydrogen-bond acceptors (Lipinski definition) is 11. The van der Waals surface area contributed by atoms with Crippen molar-refractivity contribution in [2.75, 3.05) is 12.1 Å². The van der Waals surface area contributed by atoms with E-state index in [9.17, 15) is 24.5 Å². The zero-order valence-electron chi connectivity index (χ0n) is 16.0. The summed E-state index contributed by atoms with van der Waals surface area (Å²) >= 11 is 0. The molecule has 0 aromatic carbocycles. The van der Waals surface area contributed by atoms with Gasteiger partial charge in [0.15, 0.2) is 20.3 Å². The highest BCUT2D eigenvalue weighted by Crippen LogP contribution is 2.29. The van der Waals surface area contributed by atoms with Gasteiger partial charge >= 0.3 is 5.65 Å². The minimum atomic E-state index is -4.63. The van der Waals surface area contributed by atoms with Gasteiger partial charge in [0, 0.05) is 0 Å². The van der Waals surface area contributed by atoms with Crippen LogP contribution in [0, 0.1) is 0 Å². The maximum absolute atomic E-state index is 12.2. The summed E-state index contributed by atoms with van der Waals surface area (Å²) in [5.41, 5.74) is 5.49. The first-order chi connectivity index (χ1) is 14.5. The molecule has 0 amide bonds. The molecule has 6 N–H and O–H groups in total. The molecule has 0 aliphatic carbocycles. The van der Waals surface area contributed by atoms with E-state index in [-0.39, 0.29) is 29.5 Å². The Labute approximate surface area is 172 Å². The molecule has 3 aromatic heterocycles. The van der Waals surface area contributed by atoms with E-state index in [4.69, 9.17) is 20.1 Å². The third-order valence-electron chi connectivity index (χ3n) is 4.66. The molecular weight excluding hydrogens is 439 g/mol. The van der Waals surface area contributed by atoms with Gasteiger partial charge in [-0.1, -0.05) is 15.3 Å². The first-order valence-electron chi connectivity index (χ1n) is 8.87. The maximum Gasteiger partial charge on any atom is 0.313 e. The lowest BCUT2D eigenvalue weighted by Crippen LogP contribution is -2.46. The molecule has 17 heteroatoms. The van der Waals surface area contributed by atoms with Crippen molar-refractivity contribution >= 4 is 24.7 Å². The van der Waals surface area contributed by atoms with E-state index >= 15 is 0 Å². The number of ether oxygens (including phenoxy) is 2. The summed E-state index contributed by atoms with van der Waals surface area (Å²) < 4.78 is 25.4. The zero-order chi connectivity index (χ0) is 22.5. The normalized spacial score (nSPS) is 25.7. The lowest BCUT2D eigenvalue weighted by atomic mass is 10.1. The molecule has 1 unspecified atom stereocenters. The minimum Gasteiger partial charge on any atom is -0.776 e. The Morgan fingerprint density at radius 3 is 2.90 bits per heavy atom. The Morgan fingerprint density at radius 2 is 2.19 bits per heavy atom.